The van der Waals surface area contributed by atoms with Gasteiger partial charge in [-0.05, 0) is 48.6 Å². The second-order valence-corrected chi connectivity index (χ2v) is 6.07. The van der Waals surface area contributed by atoms with Gasteiger partial charge in [-0.1, -0.05) is 5.16 Å². The monoisotopic (exact) mass is 305 g/mol. The van der Waals surface area contributed by atoms with E-state index in [9.17, 15) is 4.39 Å². The van der Waals surface area contributed by atoms with Crippen LogP contribution in [0, 0.1) is 5.82 Å². The lowest BCUT2D eigenvalue weighted by Gasteiger charge is -2.35. The first-order valence-electron chi connectivity index (χ1n) is 6.72. The number of benzene rings is 1. The lowest BCUT2D eigenvalue weighted by atomic mass is 10.00. The minimum atomic E-state index is -0.357. The first kappa shape index (κ1) is 13.9. The zero-order valence-corrected chi connectivity index (χ0v) is 12.4. The van der Waals surface area contributed by atoms with Gasteiger partial charge in [0, 0.05) is 17.0 Å². The zero-order valence-electron chi connectivity index (χ0n) is 11.6. The Morgan fingerprint density at radius 3 is 3.00 bits per heavy atom. The molecule has 0 saturated carbocycles. The lowest BCUT2D eigenvalue weighted by Crippen LogP contribution is -2.33. The van der Waals surface area contributed by atoms with E-state index in [2.05, 4.69) is 28.4 Å². The highest BCUT2D eigenvalue weighted by atomic mass is 32.1. The third-order valence-corrected chi connectivity index (χ3v) is 4.93. The van der Waals surface area contributed by atoms with E-state index in [1.807, 2.05) is 0 Å². The molecule has 6 heteroatoms. The van der Waals surface area contributed by atoms with Gasteiger partial charge in [-0.3, -0.25) is 0 Å². The van der Waals surface area contributed by atoms with E-state index in [-0.39, 0.29) is 17.7 Å². The van der Waals surface area contributed by atoms with Crippen molar-refractivity contribution in [3.63, 3.8) is 0 Å². The van der Waals surface area contributed by atoms with Gasteiger partial charge in [0.25, 0.3) is 0 Å². The third kappa shape index (κ3) is 2.35. The average Bonchev–Trinajstić information content (AvgIpc) is 2.97. The van der Waals surface area contributed by atoms with E-state index < -0.39 is 0 Å². The molecule has 2 aromatic rings. The summed E-state index contributed by atoms with van der Waals surface area (Å²) in [6, 6.07) is 6.92. The number of oxime groups is 1. The summed E-state index contributed by atoms with van der Waals surface area (Å²) >= 11 is 1.76. The Balaban J connectivity index is 1.95. The minimum absolute atomic E-state index is 0.0905. The lowest BCUT2D eigenvalue weighted by molar-refractivity contribution is 0.318. The first-order chi connectivity index (χ1) is 10.1. The number of anilines is 1. The summed E-state index contributed by atoms with van der Waals surface area (Å²) in [5.41, 5.74) is 7.68. The molecule has 1 unspecified atom stereocenters. The van der Waals surface area contributed by atoms with Gasteiger partial charge in [-0.25, -0.2) is 4.39 Å². The number of hydrogen-bond acceptors (Lipinski definition) is 4. The highest BCUT2D eigenvalue weighted by molar-refractivity contribution is 7.10. The highest BCUT2D eigenvalue weighted by Gasteiger charge is 2.26. The van der Waals surface area contributed by atoms with Crippen molar-refractivity contribution in [3.8, 4) is 0 Å². The number of amidine groups is 1. The topological polar surface area (TPSA) is 61.8 Å². The number of thiophene rings is 1. The summed E-state index contributed by atoms with van der Waals surface area (Å²) in [5, 5.41) is 13.6. The maximum absolute atomic E-state index is 14.4. The molecule has 2 heterocycles. The van der Waals surface area contributed by atoms with E-state index in [0.717, 1.165) is 13.0 Å². The Morgan fingerprint density at radius 1 is 1.48 bits per heavy atom. The molecule has 4 nitrogen and oxygen atoms in total. The summed E-state index contributed by atoms with van der Waals surface area (Å²) < 4.78 is 14.4. The third-order valence-electron chi connectivity index (χ3n) is 3.94. The molecule has 0 spiro atoms. The van der Waals surface area contributed by atoms with Crippen LogP contribution < -0.4 is 10.6 Å². The summed E-state index contributed by atoms with van der Waals surface area (Å²) in [6.45, 7) is 2.87. The number of nitrogens with zero attached hydrogens (tertiary/aromatic N) is 2. The van der Waals surface area contributed by atoms with Gasteiger partial charge in [-0.2, -0.15) is 0 Å². The van der Waals surface area contributed by atoms with Crippen LogP contribution in [0.5, 0.6) is 0 Å². The standard InChI is InChI=1S/C15H16FN3OS/c1-9-11-5-7-21-14(11)4-6-19(9)13-3-2-10(8-12(13)16)15(17)18-20/h2-3,5,7-9,20H,4,6H2,1H3,(H2,17,18). The quantitative estimate of drug-likeness (QED) is 0.388. The van der Waals surface area contributed by atoms with E-state index in [0.29, 0.717) is 11.3 Å². The number of nitrogens with two attached hydrogens (primary N) is 1. The molecule has 110 valence electrons. The Hall–Kier alpha value is -2.08. The van der Waals surface area contributed by atoms with Gasteiger partial charge in [-0.15, -0.1) is 11.3 Å². The SMILES string of the molecule is CC1c2ccsc2CCN1c1ccc(C(N)=NO)cc1F. The smallest absolute Gasteiger partial charge is 0.170 e. The predicted octanol–water partition coefficient (Wildman–Crippen LogP) is 3.11. The van der Waals surface area contributed by atoms with Crippen LogP contribution in [-0.2, 0) is 6.42 Å². The first-order valence-corrected chi connectivity index (χ1v) is 7.60. The van der Waals surface area contributed by atoms with Crippen molar-refractivity contribution in [2.75, 3.05) is 11.4 Å². The molecule has 3 N–H and O–H groups in total. The van der Waals surface area contributed by atoms with Crippen LogP contribution in [0.1, 0.15) is 29.0 Å². The van der Waals surface area contributed by atoms with Crippen LogP contribution in [0.4, 0.5) is 10.1 Å². The van der Waals surface area contributed by atoms with Crippen molar-refractivity contribution in [2.24, 2.45) is 10.9 Å². The molecule has 0 fully saturated rings. The van der Waals surface area contributed by atoms with Gasteiger partial charge in [0.2, 0.25) is 0 Å². The van der Waals surface area contributed by atoms with Crippen molar-refractivity contribution in [2.45, 2.75) is 19.4 Å². The molecule has 3 rings (SSSR count). The van der Waals surface area contributed by atoms with Crippen LogP contribution in [0.15, 0.2) is 34.8 Å². The molecular weight excluding hydrogens is 289 g/mol. The molecule has 1 atom stereocenters. The number of rotatable bonds is 2. The Morgan fingerprint density at radius 2 is 2.29 bits per heavy atom. The maximum atomic E-state index is 14.4. The second-order valence-electron chi connectivity index (χ2n) is 5.07. The van der Waals surface area contributed by atoms with E-state index in [1.165, 1.54) is 16.5 Å². The molecule has 1 aliphatic heterocycles. The predicted molar refractivity (Wildman–Crippen MR) is 82.7 cm³/mol. The fraction of sp³-hybridized carbons (Fsp3) is 0.267. The second kappa shape index (κ2) is 5.37. The molecule has 0 bridgehead atoms. The number of hydrogen-bond donors (Lipinski definition) is 2. The summed E-state index contributed by atoms with van der Waals surface area (Å²) in [7, 11) is 0. The van der Waals surface area contributed by atoms with E-state index >= 15 is 0 Å². The van der Waals surface area contributed by atoms with Crippen LogP contribution in [0.3, 0.4) is 0 Å². The molecule has 0 amide bonds. The maximum Gasteiger partial charge on any atom is 0.170 e. The van der Waals surface area contributed by atoms with Crippen LogP contribution in [-0.4, -0.2) is 17.6 Å². The van der Waals surface area contributed by atoms with Crippen molar-refractivity contribution < 1.29 is 9.60 Å². The van der Waals surface area contributed by atoms with Crippen molar-refractivity contribution in [1.82, 2.24) is 0 Å². The largest absolute Gasteiger partial charge is 0.409 e. The number of halogens is 1. The van der Waals surface area contributed by atoms with Gasteiger partial charge in [0.05, 0.1) is 11.7 Å². The molecular formula is C15H16FN3OS. The van der Waals surface area contributed by atoms with Crippen LogP contribution in [0.25, 0.3) is 0 Å². The fourth-order valence-corrected chi connectivity index (χ4v) is 3.76. The molecule has 1 aromatic carbocycles. The van der Waals surface area contributed by atoms with Crippen molar-refractivity contribution >= 4 is 22.9 Å². The Kier molecular flexibility index (Phi) is 3.55. The number of fused-ring (bicyclic) bond motifs is 1. The molecule has 1 aliphatic rings. The molecule has 0 radical (unpaired) electrons. The zero-order chi connectivity index (χ0) is 15.0. The normalized spacial score (nSPS) is 18.7. The molecule has 0 saturated heterocycles. The van der Waals surface area contributed by atoms with Crippen molar-refractivity contribution in [3.05, 3.63) is 51.5 Å². The van der Waals surface area contributed by atoms with Gasteiger partial charge in [0.15, 0.2) is 5.84 Å². The average molecular weight is 305 g/mol. The minimum Gasteiger partial charge on any atom is -0.409 e. The summed E-state index contributed by atoms with van der Waals surface area (Å²) in [5.74, 6) is -0.447. The van der Waals surface area contributed by atoms with E-state index in [4.69, 9.17) is 10.9 Å². The van der Waals surface area contributed by atoms with Gasteiger partial charge >= 0.3 is 0 Å². The summed E-state index contributed by atoms with van der Waals surface area (Å²) in [6.07, 6.45) is 0.929. The fourth-order valence-electron chi connectivity index (χ4n) is 2.80. The molecule has 0 aliphatic carbocycles. The Bertz CT molecular complexity index is 698. The highest BCUT2D eigenvalue weighted by Crippen LogP contribution is 2.37. The van der Waals surface area contributed by atoms with Crippen molar-refractivity contribution in [1.29, 1.82) is 0 Å². The molecule has 1 aromatic heterocycles. The van der Waals surface area contributed by atoms with Gasteiger partial charge in [0.1, 0.15) is 5.82 Å². The summed E-state index contributed by atoms with van der Waals surface area (Å²) in [4.78, 5) is 3.44. The van der Waals surface area contributed by atoms with E-state index in [1.54, 1.807) is 23.5 Å². The van der Waals surface area contributed by atoms with Crippen LogP contribution >= 0.6 is 11.3 Å². The van der Waals surface area contributed by atoms with Crippen LogP contribution in [0.2, 0.25) is 0 Å². The van der Waals surface area contributed by atoms with Gasteiger partial charge < -0.3 is 15.8 Å². The molecule has 21 heavy (non-hydrogen) atoms. The Labute approximate surface area is 126 Å².